The molecule has 0 aliphatic carbocycles. The summed E-state index contributed by atoms with van der Waals surface area (Å²) in [5.41, 5.74) is 0.828. The van der Waals surface area contributed by atoms with E-state index in [9.17, 15) is 21.6 Å². The minimum Gasteiger partial charge on any atom is -0.373 e. The maximum atomic E-state index is 11.7. The Balaban J connectivity index is 0.000000173. The molecular weight excluding hydrogens is 416 g/mol. The van der Waals surface area contributed by atoms with Crippen molar-refractivity contribution in [2.45, 2.75) is 9.79 Å². The molecule has 0 unspecified atom stereocenters. The second-order valence-electron chi connectivity index (χ2n) is 6.24. The second-order valence-corrected chi connectivity index (χ2v) is 10.1. The van der Waals surface area contributed by atoms with E-state index in [4.69, 9.17) is 4.74 Å². The van der Waals surface area contributed by atoms with Crippen molar-refractivity contribution < 1.29 is 31.1 Å². The Morgan fingerprint density at radius 1 is 0.724 bits per heavy atom. The van der Waals surface area contributed by atoms with Crippen LogP contribution in [0.1, 0.15) is 0 Å². The number of Topliss-reactive ketones (excluding diaryl/α,β-unsaturated/α-hetero) is 1. The molecule has 0 radical (unpaired) electrons. The van der Waals surface area contributed by atoms with Crippen LogP contribution in [-0.4, -0.2) is 55.3 Å². The Labute approximate surface area is 170 Å². The first kappa shape index (κ1) is 23.0. The van der Waals surface area contributed by atoms with Gasteiger partial charge in [0.05, 0.1) is 23.0 Å². The highest BCUT2D eigenvalue weighted by Crippen LogP contribution is 2.17. The standard InChI is InChI=1S/C10H10O3S.C7H8O2S.C3H4O2/c11-14(12,8-9-6-13-7-9)10-4-2-1-3-5-10;1-10(8,9)7-5-3-2-4-6-7;4-3-1-5-2-3/h1-5,8H,6-7H2;2-6H,1H3;1-2H2. The highest BCUT2D eigenvalue weighted by molar-refractivity contribution is 7.94. The Hall–Kier alpha value is -2.33. The van der Waals surface area contributed by atoms with Crippen LogP contribution in [-0.2, 0) is 33.9 Å². The summed E-state index contributed by atoms with van der Waals surface area (Å²) >= 11 is 0. The number of ketones is 1. The second kappa shape index (κ2) is 10.4. The van der Waals surface area contributed by atoms with Gasteiger partial charge in [-0.1, -0.05) is 36.4 Å². The first-order valence-corrected chi connectivity index (χ1v) is 12.0. The van der Waals surface area contributed by atoms with Crippen LogP contribution in [0, 0.1) is 0 Å². The first-order valence-electron chi connectivity index (χ1n) is 8.60. The normalized spacial score (nSPS) is 15.5. The molecule has 0 saturated carbocycles. The number of hydrogen-bond acceptors (Lipinski definition) is 7. The third kappa shape index (κ3) is 7.90. The van der Waals surface area contributed by atoms with Gasteiger partial charge in [-0.15, -0.1) is 0 Å². The summed E-state index contributed by atoms with van der Waals surface area (Å²) in [6.07, 6.45) is 1.20. The molecule has 0 atom stereocenters. The Morgan fingerprint density at radius 3 is 1.41 bits per heavy atom. The molecule has 2 aliphatic rings. The van der Waals surface area contributed by atoms with Gasteiger partial charge in [0.25, 0.3) is 0 Å². The molecule has 156 valence electrons. The molecule has 2 heterocycles. The van der Waals surface area contributed by atoms with Crippen molar-refractivity contribution in [2.75, 3.05) is 32.7 Å². The van der Waals surface area contributed by atoms with E-state index in [0.29, 0.717) is 36.2 Å². The molecule has 29 heavy (non-hydrogen) atoms. The molecule has 9 heteroatoms. The lowest BCUT2D eigenvalue weighted by atomic mass is 10.3. The fraction of sp³-hybridized carbons (Fsp3) is 0.250. The van der Waals surface area contributed by atoms with Crippen LogP contribution < -0.4 is 0 Å². The number of sulfone groups is 2. The minimum absolute atomic E-state index is 0.213. The minimum atomic E-state index is -3.26. The Kier molecular flexibility index (Phi) is 8.27. The summed E-state index contributed by atoms with van der Waals surface area (Å²) in [5, 5.41) is 1.30. The molecule has 2 aromatic carbocycles. The number of rotatable bonds is 3. The van der Waals surface area contributed by atoms with Gasteiger partial charge in [-0.25, -0.2) is 16.8 Å². The average molecular weight is 439 g/mol. The molecule has 2 fully saturated rings. The van der Waals surface area contributed by atoms with E-state index in [2.05, 4.69) is 4.74 Å². The Bertz CT molecular complexity index is 1030. The summed E-state index contributed by atoms with van der Waals surface area (Å²) in [6.45, 7) is 1.57. The van der Waals surface area contributed by atoms with Crippen LogP contribution in [0.25, 0.3) is 0 Å². The SMILES string of the molecule is CS(=O)(=O)c1ccccc1.O=C1COC1.O=S(=O)(C=C1COC1)c1ccccc1. The number of carbonyl (C=O) groups excluding carboxylic acids is 1. The van der Waals surface area contributed by atoms with Crippen LogP contribution in [0.3, 0.4) is 0 Å². The lowest BCUT2D eigenvalue weighted by Gasteiger charge is -2.16. The fourth-order valence-corrected chi connectivity index (χ4v) is 3.94. The number of benzene rings is 2. The van der Waals surface area contributed by atoms with Crippen LogP contribution in [0.4, 0.5) is 0 Å². The van der Waals surface area contributed by atoms with Crippen LogP contribution >= 0.6 is 0 Å². The number of hydrogen-bond donors (Lipinski definition) is 0. The summed E-state index contributed by atoms with van der Waals surface area (Å²) < 4.78 is 54.4. The third-order valence-electron chi connectivity index (χ3n) is 3.67. The fourth-order valence-electron chi connectivity index (χ4n) is 2.04. The predicted octanol–water partition coefficient (Wildman–Crippen LogP) is 2.05. The first-order chi connectivity index (χ1) is 13.7. The van der Waals surface area contributed by atoms with Gasteiger partial charge < -0.3 is 9.47 Å². The molecule has 0 amide bonds. The highest BCUT2D eigenvalue weighted by Gasteiger charge is 2.16. The van der Waals surface area contributed by atoms with Crippen molar-refractivity contribution in [3.63, 3.8) is 0 Å². The molecule has 0 N–H and O–H groups in total. The van der Waals surface area contributed by atoms with Crippen molar-refractivity contribution >= 4 is 25.5 Å². The quantitative estimate of drug-likeness (QED) is 0.722. The van der Waals surface area contributed by atoms with Crippen molar-refractivity contribution in [1.29, 1.82) is 0 Å². The van der Waals surface area contributed by atoms with Crippen LogP contribution in [0.2, 0.25) is 0 Å². The zero-order chi connectivity index (χ0) is 21.3. The van der Waals surface area contributed by atoms with E-state index in [1.54, 1.807) is 60.7 Å². The third-order valence-corrected chi connectivity index (χ3v) is 6.37. The van der Waals surface area contributed by atoms with Gasteiger partial charge in [0.1, 0.15) is 13.2 Å². The van der Waals surface area contributed by atoms with Crippen LogP contribution in [0.5, 0.6) is 0 Å². The molecule has 2 aliphatic heterocycles. The van der Waals surface area contributed by atoms with Gasteiger partial charge in [0, 0.05) is 11.7 Å². The van der Waals surface area contributed by atoms with E-state index in [1.807, 2.05) is 0 Å². The van der Waals surface area contributed by atoms with E-state index in [0.717, 1.165) is 5.57 Å². The molecule has 4 rings (SSSR count). The van der Waals surface area contributed by atoms with Crippen LogP contribution in [0.15, 0.2) is 81.4 Å². The van der Waals surface area contributed by atoms with Gasteiger partial charge in [0.2, 0.25) is 0 Å². The molecule has 0 aromatic heterocycles. The molecular formula is C20H22O7S2. The zero-order valence-electron chi connectivity index (χ0n) is 15.9. The number of carbonyl (C=O) groups is 1. The van der Waals surface area contributed by atoms with Crippen molar-refractivity contribution in [1.82, 2.24) is 0 Å². The smallest absolute Gasteiger partial charge is 0.199 e. The lowest BCUT2D eigenvalue weighted by molar-refractivity contribution is -0.140. The maximum Gasteiger partial charge on any atom is 0.199 e. The van der Waals surface area contributed by atoms with E-state index < -0.39 is 19.7 Å². The molecule has 0 bridgehead atoms. The molecule has 7 nitrogen and oxygen atoms in total. The van der Waals surface area contributed by atoms with Gasteiger partial charge in [-0.3, -0.25) is 4.79 Å². The summed E-state index contributed by atoms with van der Waals surface area (Å²) in [5.74, 6) is 0.213. The predicted molar refractivity (Wildman–Crippen MR) is 108 cm³/mol. The van der Waals surface area contributed by atoms with E-state index >= 15 is 0 Å². The van der Waals surface area contributed by atoms with Gasteiger partial charge in [-0.2, -0.15) is 0 Å². The number of ether oxygens (including phenoxy) is 2. The summed E-state index contributed by atoms with van der Waals surface area (Å²) in [6, 6.07) is 16.7. The maximum absolute atomic E-state index is 11.7. The van der Waals surface area contributed by atoms with Crippen molar-refractivity contribution in [2.24, 2.45) is 0 Å². The summed E-state index contributed by atoms with van der Waals surface area (Å²) in [4.78, 5) is 10.5. The largest absolute Gasteiger partial charge is 0.373 e. The molecule has 2 aromatic rings. The lowest BCUT2D eigenvalue weighted by Crippen LogP contribution is -2.26. The topological polar surface area (TPSA) is 104 Å². The highest BCUT2D eigenvalue weighted by atomic mass is 32.2. The van der Waals surface area contributed by atoms with Gasteiger partial charge in [0.15, 0.2) is 25.5 Å². The van der Waals surface area contributed by atoms with Crippen molar-refractivity contribution in [3.05, 3.63) is 71.6 Å². The molecule has 2 saturated heterocycles. The Morgan fingerprint density at radius 2 is 1.14 bits per heavy atom. The monoisotopic (exact) mass is 438 g/mol. The van der Waals surface area contributed by atoms with Crippen molar-refractivity contribution in [3.8, 4) is 0 Å². The zero-order valence-corrected chi connectivity index (χ0v) is 17.5. The summed E-state index contributed by atoms with van der Waals surface area (Å²) in [7, 11) is -6.27. The van der Waals surface area contributed by atoms with E-state index in [-0.39, 0.29) is 5.78 Å². The van der Waals surface area contributed by atoms with E-state index in [1.165, 1.54) is 11.7 Å². The van der Waals surface area contributed by atoms with Gasteiger partial charge >= 0.3 is 0 Å². The molecule has 0 spiro atoms. The average Bonchev–Trinajstić information content (AvgIpc) is 2.65. The van der Waals surface area contributed by atoms with Gasteiger partial charge in [-0.05, 0) is 29.8 Å².